The Labute approximate surface area is 170 Å². The average Bonchev–Trinajstić information content (AvgIpc) is 3.02. The second-order valence-corrected chi connectivity index (χ2v) is 7.58. The molecule has 1 fully saturated rings. The van der Waals surface area contributed by atoms with Crippen LogP contribution in [0.3, 0.4) is 0 Å². The van der Waals surface area contributed by atoms with Crippen LogP contribution in [-0.4, -0.2) is 43.4 Å². The summed E-state index contributed by atoms with van der Waals surface area (Å²) >= 11 is 6.23. The van der Waals surface area contributed by atoms with Crippen LogP contribution in [0.15, 0.2) is 47.4 Å². The number of carbonyl (C=O) groups excluding carboxylic acids is 1. The third kappa shape index (κ3) is 3.86. The number of aromatic nitrogens is 3. The standard InChI is InChI=1S/C19H15N5O2S2/c25-9-8-20-17-16(22-12-5-1-2-6-13(12)23-17)14-7-3-4-11(21-14)10-15-18(26)24-19(27)28-15/h1-7,10,25H,8-9H2,(H,20,23)(H,24,26,27). The number of para-hydroxylation sites is 2. The maximum absolute atomic E-state index is 11.9. The van der Waals surface area contributed by atoms with Gasteiger partial charge >= 0.3 is 0 Å². The van der Waals surface area contributed by atoms with E-state index in [0.29, 0.717) is 38.7 Å². The molecule has 0 radical (unpaired) electrons. The predicted molar refractivity (Wildman–Crippen MR) is 115 cm³/mol. The van der Waals surface area contributed by atoms with Gasteiger partial charge < -0.3 is 15.7 Å². The highest BCUT2D eigenvalue weighted by molar-refractivity contribution is 8.26. The Morgan fingerprint density at radius 2 is 1.89 bits per heavy atom. The monoisotopic (exact) mass is 409 g/mol. The fourth-order valence-corrected chi connectivity index (χ4v) is 3.72. The second kappa shape index (κ2) is 8.01. The number of hydrogen-bond acceptors (Lipinski definition) is 8. The summed E-state index contributed by atoms with van der Waals surface area (Å²) in [6.45, 7) is 0.317. The van der Waals surface area contributed by atoms with E-state index in [9.17, 15) is 4.79 Å². The van der Waals surface area contributed by atoms with Gasteiger partial charge in [-0.3, -0.25) is 4.79 Å². The highest BCUT2D eigenvalue weighted by atomic mass is 32.2. The van der Waals surface area contributed by atoms with Crippen LogP contribution in [0.25, 0.3) is 28.5 Å². The van der Waals surface area contributed by atoms with E-state index in [4.69, 9.17) is 22.3 Å². The van der Waals surface area contributed by atoms with Crippen molar-refractivity contribution >= 4 is 57.1 Å². The summed E-state index contributed by atoms with van der Waals surface area (Å²) in [6, 6.07) is 13.0. The summed E-state index contributed by atoms with van der Waals surface area (Å²) in [4.78, 5) is 26.3. The molecular weight excluding hydrogens is 394 g/mol. The third-order valence-corrected chi connectivity index (χ3v) is 5.07. The first kappa shape index (κ1) is 18.5. The number of thiocarbonyl (C=S) groups is 1. The van der Waals surface area contributed by atoms with Crippen molar-refractivity contribution in [2.75, 3.05) is 18.5 Å². The van der Waals surface area contributed by atoms with Crippen molar-refractivity contribution in [1.82, 2.24) is 20.3 Å². The molecule has 2 aromatic heterocycles. The SMILES string of the molecule is O=C1NC(=S)SC1=Cc1cccc(-c2nc3ccccc3nc2NCCO)n1. The van der Waals surface area contributed by atoms with E-state index >= 15 is 0 Å². The minimum atomic E-state index is -0.224. The van der Waals surface area contributed by atoms with Crippen molar-refractivity contribution in [1.29, 1.82) is 0 Å². The lowest BCUT2D eigenvalue weighted by molar-refractivity contribution is -0.115. The predicted octanol–water partition coefficient (Wildman–Crippen LogP) is 2.58. The molecule has 3 N–H and O–H groups in total. The molecule has 28 heavy (non-hydrogen) atoms. The van der Waals surface area contributed by atoms with Crippen LogP contribution in [0.1, 0.15) is 5.69 Å². The third-order valence-electron chi connectivity index (χ3n) is 3.91. The normalized spacial score (nSPS) is 15.2. The van der Waals surface area contributed by atoms with E-state index in [1.165, 1.54) is 11.8 Å². The highest BCUT2D eigenvalue weighted by Gasteiger charge is 2.22. The Hall–Kier alpha value is -2.88. The van der Waals surface area contributed by atoms with E-state index in [2.05, 4.69) is 20.6 Å². The molecule has 9 heteroatoms. The van der Waals surface area contributed by atoms with Crippen LogP contribution in [0, 0.1) is 0 Å². The van der Waals surface area contributed by atoms with Crippen LogP contribution >= 0.6 is 24.0 Å². The average molecular weight is 409 g/mol. The van der Waals surface area contributed by atoms with Gasteiger partial charge in [-0.2, -0.15) is 0 Å². The highest BCUT2D eigenvalue weighted by Crippen LogP contribution is 2.28. The fraction of sp³-hybridized carbons (Fsp3) is 0.105. The first-order valence-corrected chi connectivity index (χ1v) is 9.70. The molecule has 1 saturated heterocycles. The number of hydrogen-bond donors (Lipinski definition) is 3. The molecule has 0 saturated carbocycles. The molecule has 1 amide bonds. The van der Waals surface area contributed by atoms with Crippen molar-refractivity contribution in [2.24, 2.45) is 0 Å². The van der Waals surface area contributed by atoms with Gasteiger partial charge in [-0.15, -0.1) is 0 Å². The van der Waals surface area contributed by atoms with Gasteiger partial charge in [0.05, 0.1) is 33.9 Å². The lowest BCUT2D eigenvalue weighted by Gasteiger charge is -2.11. The zero-order valence-electron chi connectivity index (χ0n) is 14.5. The summed E-state index contributed by atoms with van der Waals surface area (Å²) in [5.41, 5.74) is 3.29. The van der Waals surface area contributed by atoms with Gasteiger partial charge in [0.25, 0.3) is 5.91 Å². The van der Waals surface area contributed by atoms with Crippen molar-refractivity contribution in [3.63, 3.8) is 0 Å². The lowest BCUT2D eigenvalue weighted by Crippen LogP contribution is -2.17. The van der Waals surface area contributed by atoms with Crippen LogP contribution in [0.2, 0.25) is 0 Å². The van der Waals surface area contributed by atoms with Gasteiger partial charge in [0.1, 0.15) is 10.0 Å². The van der Waals surface area contributed by atoms with Gasteiger partial charge in [-0.25, -0.2) is 15.0 Å². The number of anilines is 1. The van der Waals surface area contributed by atoms with Crippen LogP contribution < -0.4 is 10.6 Å². The molecule has 3 aromatic rings. The summed E-state index contributed by atoms with van der Waals surface area (Å²) in [5.74, 6) is 0.317. The number of aliphatic hydroxyl groups is 1. The van der Waals surface area contributed by atoms with Crippen molar-refractivity contribution in [3.05, 3.63) is 53.1 Å². The largest absolute Gasteiger partial charge is 0.395 e. The van der Waals surface area contributed by atoms with E-state index in [-0.39, 0.29) is 12.5 Å². The maximum Gasteiger partial charge on any atom is 0.263 e. The number of nitrogens with one attached hydrogen (secondary N) is 2. The number of benzene rings is 1. The minimum Gasteiger partial charge on any atom is -0.395 e. The molecule has 4 rings (SSSR count). The Morgan fingerprint density at radius 1 is 1.11 bits per heavy atom. The first-order valence-electron chi connectivity index (χ1n) is 8.48. The molecule has 0 atom stereocenters. The molecule has 1 aliphatic rings. The van der Waals surface area contributed by atoms with Crippen molar-refractivity contribution < 1.29 is 9.90 Å². The molecular formula is C19H15N5O2S2. The first-order chi connectivity index (χ1) is 13.6. The Balaban J connectivity index is 1.78. The number of pyridine rings is 1. The van der Waals surface area contributed by atoms with Crippen LogP contribution in [0.4, 0.5) is 5.82 Å². The fourth-order valence-electron chi connectivity index (χ4n) is 2.70. The van der Waals surface area contributed by atoms with Gasteiger partial charge in [-0.1, -0.05) is 42.2 Å². The quantitative estimate of drug-likeness (QED) is 0.437. The zero-order valence-corrected chi connectivity index (χ0v) is 16.2. The number of nitrogens with zero attached hydrogens (tertiary/aromatic N) is 3. The molecule has 3 heterocycles. The number of rotatable bonds is 5. The smallest absolute Gasteiger partial charge is 0.263 e. The second-order valence-electron chi connectivity index (χ2n) is 5.86. The Morgan fingerprint density at radius 3 is 2.61 bits per heavy atom. The summed E-state index contributed by atoms with van der Waals surface area (Å²) in [6.07, 6.45) is 1.69. The van der Waals surface area contributed by atoms with Crippen LogP contribution in [-0.2, 0) is 4.79 Å². The van der Waals surface area contributed by atoms with Crippen molar-refractivity contribution in [3.8, 4) is 11.4 Å². The van der Waals surface area contributed by atoms with Gasteiger partial charge in [0.2, 0.25) is 0 Å². The van der Waals surface area contributed by atoms with Gasteiger partial charge in [-0.05, 0) is 30.3 Å². The van der Waals surface area contributed by atoms with E-state index < -0.39 is 0 Å². The molecule has 7 nitrogen and oxygen atoms in total. The molecule has 0 aliphatic carbocycles. The van der Waals surface area contributed by atoms with E-state index in [1.807, 2.05) is 36.4 Å². The summed E-state index contributed by atoms with van der Waals surface area (Å²) < 4.78 is 0.434. The van der Waals surface area contributed by atoms with E-state index in [0.717, 1.165) is 11.0 Å². The van der Waals surface area contributed by atoms with Crippen molar-refractivity contribution in [2.45, 2.75) is 0 Å². The van der Waals surface area contributed by atoms with Crippen LogP contribution in [0.5, 0.6) is 0 Å². The summed E-state index contributed by atoms with van der Waals surface area (Å²) in [5, 5.41) is 14.9. The Bertz CT molecular complexity index is 1120. The maximum atomic E-state index is 11.9. The molecule has 0 spiro atoms. The molecule has 140 valence electrons. The topological polar surface area (TPSA) is 100 Å². The van der Waals surface area contributed by atoms with E-state index in [1.54, 1.807) is 12.1 Å². The number of amides is 1. The molecule has 1 aliphatic heterocycles. The molecule has 1 aromatic carbocycles. The minimum absolute atomic E-state index is 0.0280. The molecule has 0 unspecified atom stereocenters. The Kier molecular flexibility index (Phi) is 5.29. The zero-order chi connectivity index (χ0) is 19.5. The molecule has 0 bridgehead atoms. The number of carbonyl (C=O) groups is 1. The van der Waals surface area contributed by atoms with Gasteiger partial charge in [0, 0.05) is 6.54 Å². The lowest BCUT2D eigenvalue weighted by atomic mass is 10.2. The summed E-state index contributed by atoms with van der Waals surface area (Å²) in [7, 11) is 0. The number of aliphatic hydroxyl groups excluding tert-OH is 1. The number of fused-ring (bicyclic) bond motifs is 1. The number of thioether (sulfide) groups is 1. The van der Waals surface area contributed by atoms with Gasteiger partial charge in [0.15, 0.2) is 5.82 Å².